The van der Waals surface area contributed by atoms with E-state index in [1.807, 2.05) is 24.3 Å². The van der Waals surface area contributed by atoms with Crippen molar-refractivity contribution in [2.75, 3.05) is 0 Å². The van der Waals surface area contributed by atoms with Crippen LogP contribution in [0, 0.1) is 0 Å². The minimum absolute atomic E-state index is 0.283. The van der Waals surface area contributed by atoms with E-state index >= 15 is 0 Å². The van der Waals surface area contributed by atoms with Crippen molar-refractivity contribution in [1.29, 1.82) is 0 Å². The van der Waals surface area contributed by atoms with Gasteiger partial charge in [0.1, 0.15) is 0 Å². The first-order valence-electron chi connectivity index (χ1n) is 4.16. The predicted octanol–water partition coefficient (Wildman–Crippen LogP) is 0.0552. The molecule has 0 aliphatic rings. The van der Waals surface area contributed by atoms with E-state index in [9.17, 15) is 9.59 Å². The van der Waals surface area contributed by atoms with Gasteiger partial charge in [0.2, 0.25) is 0 Å². The molecule has 2 amide bonds. The van der Waals surface area contributed by atoms with Crippen molar-refractivity contribution in [3.63, 3.8) is 0 Å². The highest BCUT2D eigenvalue weighted by molar-refractivity contribution is 9.10. The second kappa shape index (κ2) is 5.47. The number of halogens is 1. The summed E-state index contributed by atoms with van der Waals surface area (Å²) in [6.45, 7) is 0.283. The van der Waals surface area contributed by atoms with Crippen LogP contribution >= 0.6 is 15.9 Å². The van der Waals surface area contributed by atoms with Crippen LogP contribution in [0.1, 0.15) is 5.56 Å². The highest BCUT2D eigenvalue weighted by Gasteiger charge is 2.10. The summed E-state index contributed by atoms with van der Waals surface area (Å²) in [7, 11) is 0. The molecule has 0 bridgehead atoms. The van der Waals surface area contributed by atoms with Crippen LogP contribution < -0.4 is 16.6 Å². The molecule has 0 aromatic heterocycles. The van der Waals surface area contributed by atoms with E-state index in [0.29, 0.717) is 0 Å². The average molecular weight is 272 g/mol. The Kier molecular flexibility index (Phi) is 4.26. The number of carbonyl (C=O) groups is 2. The molecule has 0 fully saturated rings. The number of hydrogen-bond donors (Lipinski definition) is 3. The topological polar surface area (TPSA) is 84.2 Å². The van der Waals surface area contributed by atoms with E-state index in [-0.39, 0.29) is 6.54 Å². The maximum Gasteiger partial charge on any atom is 0.323 e. The van der Waals surface area contributed by atoms with Gasteiger partial charge in [-0.15, -0.1) is 0 Å². The minimum atomic E-state index is -0.856. The zero-order valence-electron chi connectivity index (χ0n) is 7.79. The summed E-state index contributed by atoms with van der Waals surface area (Å²) in [4.78, 5) is 21.8. The molecular formula is C9H10BrN3O2. The van der Waals surface area contributed by atoms with Gasteiger partial charge >= 0.3 is 11.8 Å². The van der Waals surface area contributed by atoms with Gasteiger partial charge in [0.25, 0.3) is 0 Å². The normalized spacial score (nSPS) is 9.47. The van der Waals surface area contributed by atoms with Crippen LogP contribution in [0.2, 0.25) is 0 Å². The van der Waals surface area contributed by atoms with Crippen LogP contribution in [0.5, 0.6) is 0 Å². The van der Waals surface area contributed by atoms with Crippen molar-refractivity contribution in [3.05, 3.63) is 34.3 Å². The molecule has 0 saturated heterocycles. The van der Waals surface area contributed by atoms with E-state index < -0.39 is 11.8 Å². The molecule has 0 unspecified atom stereocenters. The number of rotatable bonds is 2. The monoisotopic (exact) mass is 271 g/mol. The lowest BCUT2D eigenvalue weighted by molar-refractivity contribution is -0.139. The van der Waals surface area contributed by atoms with Crippen molar-refractivity contribution in [2.45, 2.75) is 6.54 Å². The lowest BCUT2D eigenvalue weighted by Crippen LogP contribution is -2.42. The first kappa shape index (κ1) is 11.7. The molecule has 1 rings (SSSR count). The number of nitrogens with one attached hydrogen (secondary N) is 2. The van der Waals surface area contributed by atoms with Crippen molar-refractivity contribution < 1.29 is 9.59 Å². The van der Waals surface area contributed by atoms with Gasteiger partial charge in [-0.05, 0) is 17.7 Å². The molecule has 0 aliphatic carbocycles. The molecule has 15 heavy (non-hydrogen) atoms. The molecule has 80 valence electrons. The van der Waals surface area contributed by atoms with E-state index in [2.05, 4.69) is 21.2 Å². The van der Waals surface area contributed by atoms with E-state index in [1.54, 1.807) is 5.43 Å². The molecule has 5 nitrogen and oxygen atoms in total. The van der Waals surface area contributed by atoms with Crippen LogP contribution in [0.15, 0.2) is 28.7 Å². The van der Waals surface area contributed by atoms with Crippen LogP contribution in [0.3, 0.4) is 0 Å². The molecule has 0 saturated carbocycles. The number of carbonyl (C=O) groups excluding carboxylic acids is 2. The Balaban J connectivity index is 2.50. The fourth-order valence-corrected chi connectivity index (χ4v) is 1.42. The van der Waals surface area contributed by atoms with E-state index in [4.69, 9.17) is 5.84 Å². The molecule has 0 atom stereocenters. The maximum absolute atomic E-state index is 11.0. The first-order valence-corrected chi connectivity index (χ1v) is 4.96. The summed E-state index contributed by atoms with van der Waals surface area (Å²) in [5.41, 5.74) is 2.64. The van der Waals surface area contributed by atoms with Gasteiger partial charge in [-0.3, -0.25) is 15.0 Å². The lowest BCUT2D eigenvalue weighted by Gasteiger charge is -2.04. The Morgan fingerprint density at radius 2 is 2.07 bits per heavy atom. The van der Waals surface area contributed by atoms with Crippen molar-refractivity contribution in [1.82, 2.24) is 10.7 Å². The lowest BCUT2D eigenvalue weighted by atomic mass is 10.2. The first-order chi connectivity index (χ1) is 7.13. The zero-order chi connectivity index (χ0) is 11.3. The van der Waals surface area contributed by atoms with Gasteiger partial charge < -0.3 is 5.32 Å². The molecule has 4 N–H and O–H groups in total. The van der Waals surface area contributed by atoms with Gasteiger partial charge in [0, 0.05) is 11.0 Å². The summed E-state index contributed by atoms with van der Waals surface area (Å²) in [5, 5.41) is 2.43. The fourth-order valence-electron chi connectivity index (χ4n) is 0.975. The van der Waals surface area contributed by atoms with Crippen LogP contribution in [-0.4, -0.2) is 11.8 Å². The third kappa shape index (κ3) is 3.69. The van der Waals surface area contributed by atoms with Crippen LogP contribution in [-0.2, 0) is 16.1 Å². The Hall–Kier alpha value is -1.40. The molecule has 6 heteroatoms. The summed E-state index contributed by atoms with van der Waals surface area (Å²) in [6.07, 6.45) is 0. The van der Waals surface area contributed by atoms with Crippen LogP contribution in [0.25, 0.3) is 0 Å². The molecule has 0 spiro atoms. The second-order valence-corrected chi connectivity index (χ2v) is 3.70. The fraction of sp³-hybridized carbons (Fsp3) is 0.111. The Morgan fingerprint density at radius 1 is 1.33 bits per heavy atom. The van der Waals surface area contributed by atoms with Gasteiger partial charge in [-0.1, -0.05) is 28.1 Å². The van der Waals surface area contributed by atoms with E-state index in [0.717, 1.165) is 10.0 Å². The average Bonchev–Trinajstić information content (AvgIpc) is 2.25. The number of benzene rings is 1. The van der Waals surface area contributed by atoms with E-state index in [1.165, 1.54) is 0 Å². The summed E-state index contributed by atoms with van der Waals surface area (Å²) >= 11 is 3.30. The smallest absolute Gasteiger partial charge is 0.323 e. The Morgan fingerprint density at radius 3 is 2.67 bits per heavy atom. The quantitative estimate of drug-likeness (QED) is 0.308. The van der Waals surface area contributed by atoms with Gasteiger partial charge in [0.05, 0.1) is 0 Å². The van der Waals surface area contributed by atoms with Crippen molar-refractivity contribution in [2.24, 2.45) is 5.84 Å². The third-order valence-corrected chi connectivity index (χ3v) is 2.17. The molecule has 1 aromatic carbocycles. The van der Waals surface area contributed by atoms with Gasteiger partial charge in [-0.2, -0.15) is 0 Å². The number of amides is 2. The molecular weight excluding hydrogens is 262 g/mol. The largest absolute Gasteiger partial charge is 0.344 e. The minimum Gasteiger partial charge on any atom is -0.344 e. The summed E-state index contributed by atoms with van der Waals surface area (Å²) in [5.74, 6) is 3.19. The van der Waals surface area contributed by atoms with Gasteiger partial charge in [-0.25, -0.2) is 5.84 Å². The molecule has 0 radical (unpaired) electrons. The zero-order valence-corrected chi connectivity index (χ0v) is 9.37. The predicted molar refractivity (Wildman–Crippen MR) is 58.3 cm³/mol. The molecule has 1 aromatic rings. The number of hydrazine groups is 1. The number of hydrogen-bond acceptors (Lipinski definition) is 3. The Labute approximate surface area is 95.1 Å². The standard InChI is InChI=1S/C9H10BrN3O2/c10-7-3-1-2-6(4-7)5-12-8(14)9(15)13-11/h1-4H,5,11H2,(H,12,14)(H,13,15). The highest BCUT2D eigenvalue weighted by atomic mass is 79.9. The SMILES string of the molecule is NNC(=O)C(=O)NCc1cccc(Br)c1. The van der Waals surface area contributed by atoms with Crippen LogP contribution in [0.4, 0.5) is 0 Å². The molecule has 0 aliphatic heterocycles. The maximum atomic E-state index is 11.0. The second-order valence-electron chi connectivity index (χ2n) is 2.79. The Bertz CT molecular complexity index is 381. The van der Waals surface area contributed by atoms with Crippen molar-refractivity contribution in [3.8, 4) is 0 Å². The van der Waals surface area contributed by atoms with Gasteiger partial charge in [0.15, 0.2) is 0 Å². The third-order valence-electron chi connectivity index (χ3n) is 1.68. The number of nitrogens with two attached hydrogens (primary N) is 1. The highest BCUT2D eigenvalue weighted by Crippen LogP contribution is 2.11. The summed E-state index contributed by atoms with van der Waals surface area (Å²) in [6, 6.07) is 7.40. The van der Waals surface area contributed by atoms with Crippen molar-refractivity contribution >= 4 is 27.7 Å². The summed E-state index contributed by atoms with van der Waals surface area (Å²) < 4.78 is 0.914. The molecule has 0 heterocycles.